The fraction of sp³-hybridized carbons (Fsp3) is 0. The smallest absolute Gasteiger partial charge is 0.270 e. The Balaban J connectivity index is 2.02. The van der Waals surface area contributed by atoms with Crippen molar-refractivity contribution in [3.63, 3.8) is 0 Å². The number of non-ortho nitro benzene ring substituents is 1. The van der Waals surface area contributed by atoms with Gasteiger partial charge >= 0.3 is 0 Å². The molecule has 1 heterocycles. The van der Waals surface area contributed by atoms with Gasteiger partial charge in [0.05, 0.1) is 9.83 Å². The van der Waals surface area contributed by atoms with E-state index in [1.807, 2.05) is 30.3 Å². The molecule has 0 unspecified atom stereocenters. The Morgan fingerprint density at radius 1 is 1.21 bits per heavy atom. The van der Waals surface area contributed by atoms with Crippen LogP contribution in [0.3, 0.4) is 0 Å². The normalized spacial score (nSPS) is 15.6. The molecule has 0 aliphatic carbocycles. The number of hydrogen-bond acceptors (Lipinski definition) is 6. The molecule has 8 heteroatoms. The fourth-order valence-corrected chi connectivity index (χ4v) is 3.99. The Labute approximate surface area is 151 Å². The van der Waals surface area contributed by atoms with Gasteiger partial charge in [-0.3, -0.25) is 14.9 Å². The van der Waals surface area contributed by atoms with Crippen LogP contribution >= 0.6 is 35.7 Å². The first-order chi connectivity index (χ1) is 11.5. The number of amides is 1. The second kappa shape index (κ2) is 7.16. The molecule has 3 rings (SSSR count). The zero-order valence-corrected chi connectivity index (χ0v) is 14.5. The molecule has 1 saturated heterocycles. The van der Waals surface area contributed by atoms with Crippen LogP contribution in [0.25, 0.3) is 6.08 Å². The summed E-state index contributed by atoms with van der Waals surface area (Å²) < 4.78 is 0.383. The zero-order chi connectivity index (χ0) is 17.1. The van der Waals surface area contributed by atoms with E-state index in [9.17, 15) is 14.9 Å². The van der Waals surface area contributed by atoms with E-state index >= 15 is 0 Å². The zero-order valence-electron chi connectivity index (χ0n) is 12.1. The van der Waals surface area contributed by atoms with Gasteiger partial charge in [-0.15, -0.1) is 0 Å². The summed E-state index contributed by atoms with van der Waals surface area (Å²) >= 11 is 7.60. The number of thiocarbonyl (C=S) groups is 1. The third-order valence-corrected chi connectivity index (χ3v) is 5.37. The molecule has 0 atom stereocenters. The SMILES string of the molecule is O=C1NC(=S)SC1=Cc1cc([N+](=O)[O-])ccc1Sc1ccccc1. The van der Waals surface area contributed by atoms with Crippen LogP contribution in [0.5, 0.6) is 0 Å². The van der Waals surface area contributed by atoms with Crippen LogP contribution in [0, 0.1) is 10.1 Å². The van der Waals surface area contributed by atoms with Crippen LogP contribution in [0.4, 0.5) is 5.69 Å². The molecule has 2 aromatic rings. The summed E-state index contributed by atoms with van der Waals surface area (Å²) in [4.78, 5) is 24.7. The first kappa shape index (κ1) is 16.7. The van der Waals surface area contributed by atoms with Crippen molar-refractivity contribution in [1.82, 2.24) is 5.32 Å². The maximum atomic E-state index is 11.8. The summed E-state index contributed by atoms with van der Waals surface area (Å²) in [5, 5.41) is 13.6. The highest BCUT2D eigenvalue weighted by Crippen LogP contribution is 2.35. The summed E-state index contributed by atoms with van der Waals surface area (Å²) in [6, 6.07) is 14.3. The van der Waals surface area contributed by atoms with Crippen molar-refractivity contribution in [3.05, 3.63) is 69.1 Å². The minimum atomic E-state index is -0.453. The standard InChI is InChI=1S/C16H10N2O3S3/c19-15-14(24-16(22)17-15)9-10-8-11(18(20)21)6-7-13(10)23-12-4-2-1-3-5-12/h1-9H,(H,17,19,22). The van der Waals surface area contributed by atoms with Crippen LogP contribution in [-0.2, 0) is 4.79 Å². The van der Waals surface area contributed by atoms with Crippen LogP contribution in [-0.4, -0.2) is 15.2 Å². The van der Waals surface area contributed by atoms with Crippen molar-refractivity contribution in [2.45, 2.75) is 9.79 Å². The quantitative estimate of drug-likeness (QED) is 0.374. The van der Waals surface area contributed by atoms with Gasteiger partial charge in [0.15, 0.2) is 0 Å². The topological polar surface area (TPSA) is 72.2 Å². The maximum Gasteiger partial charge on any atom is 0.270 e. The fourth-order valence-electron chi connectivity index (χ4n) is 2.03. The monoisotopic (exact) mass is 374 g/mol. The Hall–Kier alpha value is -2.16. The van der Waals surface area contributed by atoms with Crippen molar-refractivity contribution >= 4 is 57.7 Å². The number of nitro groups is 1. The van der Waals surface area contributed by atoms with E-state index in [1.54, 1.807) is 12.1 Å². The number of rotatable bonds is 4. The summed E-state index contributed by atoms with van der Waals surface area (Å²) in [6.07, 6.45) is 1.64. The van der Waals surface area contributed by atoms with Crippen molar-refractivity contribution in [3.8, 4) is 0 Å². The molecule has 5 nitrogen and oxygen atoms in total. The lowest BCUT2D eigenvalue weighted by atomic mass is 10.2. The van der Waals surface area contributed by atoms with E-state index in [2.05, 4.69) is 5.32 Å². The number of carbonyl (C=O) groups is 1. The number of thioether (sulfide) groups is 1. The predicted octanol–water partition coefficient (Wildman–Crippen LogP) is 4.23. The highest BCUT2D eigenvalue weighted by atomic mass is 32.2. The maximum absolute atomic E-state index is 11.8. The van der Waals surface area contributed by atoms with Crippen LogP contribution in [0.2, 0.25) is 0 Å². The van der Waals surface area contributed by atoms with Gasteiger partial charge in [0.1, 0.15) is 4.32 Å². The van der Waals surface area contributed by atoms with Crippen molar-refractivity contribution in [2.24, 2.45) is 0 Å². The van der Waals surface area contributed by atoms with Gasteiger partial charge in [0.25, 0.3) is 11.6 Å². The van der Waals surface area contributed by atoms with Gasteiger partial charge in [-0.05, 0) is 29.8 Å². The van der Waals surface area contributed by atoms with Gasteiger partial charge in [-0.1, -0.05) is 53.9 Å². The van der Waals surface area contributed by atoms with E-state index < -0.39 is 4.92 Å². The number of nitrogens with one attached hydrogen (secondary N) is 1. The van der Waals surface area contributed by atoms with E-state index in [0.717, 1.165) is 21.6 Å². The lowest BCUT2D eigenvalue weighted by Crippen LogP contribution is -2.17. The minimum Gasteiger partial charge on any atom is -0.307 e. The van der Waals surface area contributed by atoms with Gasteiger partial charge in [0, 0.05) is 21.9 Å². The number of nitrogens with zero attached hydrogens (tertiary/aromatic N) is 1. The third-order valence-electron chi connectivity index (χ3n) is 3.10. The molecule has 24 heavy (non-hydrogen) atoms. The third kappa shape index (κ3) is 3.84. The van der Waals surface area contributed by atoms with Crippen LogP contribution in [0.1, 0.15) is 5.56 Å². The lowest BCUT2D eigenvalue weighted by molar-refractivity contribution is -0.384. The first-order valence-electron chi connectivity index (χ1n) is 6.79. The van der Waals surface area contributed by atoms with E-state index in [-0.39, 0.29) is 11.6 Å². The molecule has 0 radical (unpaired) electrons. The van der Waals surface area contributed by atoms with Crippen molar-refractivity contribution in [1.29, 1.82) is 0 Å². The number of benzene rings is 2. The minimum absolute atomic E-state index is 0.0229. The summed E-state index contributed by atoms with van der Waals surface area (Å²) in [5.41, 5.74) is 0.589. The largest absolute Gasteiger partial charge is 0.307 e. The molecule has 1 amide bonds. The average molecular weight is 374 g/mol. The highest BCUT2D eigenvalue weighted by molar-refractivity contribution is 8.26. The van der Waals surface area contributed by atoms with E-state index in [0.29, 0.717) is 14.8 Å². The number of hydrogen-bond donors (Lipinski definition) is 1. The number of carbonyl (C=O) groups excluding carboxylic acids is 1. The molecule has 0 spiro atoms. The van der Waals surface area contributed by atoms with Gasteiger partial charge < -0.3 is 5.32 Å². The summed E-state index contributed by atoms with van der Waals surface area (Å²) in [7, 11) is 0. The van der Waals surface area contributed by atoms with Crippen LogP contribution in [0.15, 0.2) is 63.2 Å². The van der Waals surface area contributed by atoms with Gasteiger partial charge in [0.2, 0.25) is 0 Å². The Kier molecular flexibility index (Phi) is 4.98. The average Bonchev–Trinajstić information content (AvgIpc) is 2.87. The van der Waals surface area contributed by atoms with E-state index in [1.165, 1.54) is 23.9 Å². The van der Waals surface area contributed by atoms with Gasteiger partial charge in [-0.25, -0.2) is 0 Å². The Morgan fingerprint density at radius 3 is 2.58 bits per heavy atom. The van der Waals surface area contributed by atoms with Gasteiger partial charge in [-0.2, -0.15) is 0 Å². The first-order valence-corrected chi connectivity index (χ1v) is 8.83. The Bertz CT molecular complexity index is 866. The molecule has 0 aromatic heterocycles. The Morgan fingerprint density at radius 2 is 1.96 bits per heavy atom. The molecule has 1 N–H and O–H groups in total. The molecular weight excluding hydrogens is 364 g/mol. The molecule has 1 fully saturated rings. The summed E-state index contributed by atoms with van der Waals surface area (Å²) in [5.74, 6) is -0.285. The summed E-state index contributed by atoms with van der Waals surface area (Å²) in [6.45, 7) is 0. The molecule has 2 aromatic carbocycles. The second-order valence-electron chi connectivity index (χ2n) is 4.75. The van der Waals surface area contributed by atoms with Crippen LogP contribution < -0.4 is 5.32 Å². The molecule has 0 saturated carbocycles. The molecule has 0 bridgehead atoms. The number of nitro benzene ring substituents is 1. The molecule has 1 aliphatic heterocycles. The molecular formula is C16H10N2O3S3. The predicted molar refractivity (Wildman–Crippen MR) is 100.0 cm³/mol. The molecule has 120 valence electrons. The molecule has 1 aliphatic rings. The second-order valence-corrected chi connectivity index (χ2v) is 7.58. The van der Waals surface area contributed by atoms with Crippen molar-refractivity contribution in [2.75, 3.05) is 0 Å². The van der Waals surface area contributed by atoms with Crippen molar-refractivity contribution < 1.29 is 9.72 Å². The highest BCUT2D eigenvalue weighted by Gasteiger charge is 2.23. The van der Waals surface area contributed by atoms with E-state index in [4.69, 9.17) is 12.2 Å². The lowest BCUT2D eigenvalue weighted by Gasteiger charge is -2.06.